The van der Waals surface area contributed by atoms with E-state index in [1.54, 1.807) is 10.9 Å². The fraction of sp³-hybridized carbons (Fsp3) is 0.222. The highest BCUT2D eigenvalue weighted by Crippen LogP contribution is 2.13. The first-order chi connectivity index (χ1) is 7.33. The number of hydrogen-bond donors (Lipinski definition) is 2. The van der Waals surface area contributed by atoms with Crippen LogP contribution >= 0.6 is 0 Å². The molecule has 0 fully saturated rings. The summed E-state index contributed by atoms with van der Waals surface area (Å²) in [7, 11) is 0. The molecule has 0 radical (unpaired) electrons. The molecule has 4 N–H and O–H groups in total. The van der Waals surface area contributed by atoms with E-state index >= 15 is 0 Å². The first-order valence-electron chi connectivity index (χ1n) is 4.40. The van der Waals surface area contributed by atoms with Crippen molar-refractivity contribution in [3.05, 3.63) is 12.7 Å². The summed E-state index contributed by atoms with van der Waals surface area (Å²) in [5.41, 5.74) is 12.2. The summed E-state index contributed by atoms with van der Waals surface area (Å²) < 4.78 is 1.80. The van der Waals surface area contributed by atoms with Crippen LogP contribution in [0.1, 0.15) is 0 Å². The molecule has 2 rings (SSSR count). The van der Waals surface area contributed by atoms with Crippen molar-refractivity contribution in [2.24, 2.45) is 5.73 Å². The van der Waals surface area contributed by atoms with Crippen LogP contribution in [0.3, 0.4) is 0 Å². The highest BCUT2D eigenvalue weighted by atomic mass is 15.1. The average molecular weight is 202 g/mol. The van der Waals surface area contributed by atoms with E-state index in [0.29, 0.717) is 30.1 Å². The van der Waals surface area contributed by atoms with Crippen molar-refractivity contribution in [3.8, 4) is 11.8 Å². The number of rotatable bonds is 1. The number of hydrogen-bond acceptors (Lipinski definition) is 5. The number of fused-ring (bicyclic) bond motifs is 1. The summed E-state index contributed by atoms with van der Waals surface area (Å²) in [5.74, 6) is 6.05. The third kappa shape index (κ3) is 1.73. The molecule has 0 bridgehead atoms. The molecule has 6 nitrogen and oxygen atoms in total. The zero-order valence-electron chi connectivity index (χ0n) is 8.01. The molecule has 0 saturated heterocycles. The van der Waals surface area contributed by atoms with Gasteiger partial charge in [-0.1, -0.05) is 11.8 Å². The van der Waals surface area contributed by atoms with Gasteiger partial charge >= 0.3 is 0 Å². The van der Waals surface area contributed by atoms with Crippen molar-refractivity contribution in [3.63, 3.8) is 0 Å². The standard InChI is InChI=1S/C9H10N6/c10-3-1-2-4-15-6-14-7-8(11)12-5-13-9(7)15/h5-6H,3-4,10H2,(H2,11,12,13). The Morgan fingerprint density at radius 3 is 2.93 bits per heavy atom. The summed E-state index contributed by atoms with van der Waals surface area (Å²) in [6.07, 6.45) is 3.05. The van der Waals surface area contributed by atoms with E-state index in [1.807, 2.05) is 0 Å². The maximum absolute atomic E-state index is 5.64. The third-order valence-corrected chi connectivity index (χ3v) is 1.91. The minimum absolute atomic E-state index is 0.351. The molecule has 15 heavy (non-hydrogen) atoms. The summed E-state index contributed by atoms with van der Waals surface area (Å²) in [5, 5.41) is 0. The fourth-order valence-electron chi connectivity index (χ4n) is 1.23. The zero-order chi connectivity index (χ0) is 10.7. The van der Waals surface area contributed by atoms with E-state index in [4.69, 9.17) is 11.5 Å². The Morgan fingerprint density at radius 1 is 1.27 bits per heavy atom. The summed E-state index contributed by atoms with van der Waals surface area (Å²) >= 11 is 0. The molecule has 0 saturated carbocycles. The summed E-state index contributed by atoms with van der Waals surface area (Å²) in [4.78, 5) is 12.1. The van der Waals surface area contributed by atoms with Crippen LogP contribution in [0.25, 0.3) is 11.2 Å². The quantitative estimate of drug-likeness (QED) is 0.600. The van der Waals surface area contributed by atoms with Crippen LogP contribution in [0.4, 0.5) is 5.82 Å². The minimum atomic E-state index is 0.351. The van der Waals surface area contributed by atoms with Crippen molar-refractivity contribution >= 4 is 17.0 Å². The molecule has 0 aliphatic heterocycles. The molecule has 0 aliphatic rings. The number of anilines is 1. The van der Waals surface area contributed by atoms with E-state index in [1.165, 1.54) is 6.33 Å². The van der Waals surface area contributed by atoms with Gasteiger partial charge in [-0.3, -0.25) is 0 Å². The van der Waals surface area contributed by atoms with Crippen LogP contribution in [-0.4, -0.2) is 26.1 Å². The number of nitrogen functional groups attached to an aromatic ring is 1. The second-order valence-corrected chi connectivity index (χ2v) is 2.86. The Bertz CT molecular complexity index is 532. The van der Waals surface area contributed by atoms with Gasteiger partial charge in [0.2, 0.25) is 0 Å². The monoisotopic (exact) mass is 202 g/mol. The van der Waals surface area contributed by atoms with E-state index in [0.717, 1.165) is 0 Å². The largest absolute Gasteiger partial charge is 0.382 e. The number of nitrogens with zero attached hydrogens (tertiary/aromatic N) is 4. The predicted octanol–water partition coefficient (Wildman–Crippen LogP) is -0.629. The van der Waals surface area contributed by atoms with Crippen LogP contribution in [-0.2, 0) is 6.54 Å². The molecule has 0 amide bonds. The molecule has 2 aromatic heterocycles. The van der Waals surface area contributed by atoms with Gasteiger partial charge in [-0.25, -0.2) is 15.0 Å². The normalized spacial score (nSPS) is 9.93. The molecule has 6 heteroatoms. The van der Waals surface area contributed by atoms with E-state index in [2.05, 4.69) is 26.8 Å². The van der Waals surface area contributed by atoms with Gasteiger partial charge in [0, 0.05) is 0 Å². The zero-order valence-corrected chi connectivity index (χ0v) is 8.01. The van der Waals surface area contributed by atoms with Gasteiger partial charge in [0.15, 0.2) is 11.5 Å². The fourth-order valence-corrected chi connectivity index (χ4v) is 1.23. The van der Waals surface area contributed by atoms with Crippen molar-refractivity contribution in [2.75, 3.05) is 12.3 Å². The lowest BCUT2D eigenvalue weighted by atomic mass is 10.5. The van der Waals surface area contributed by atoms with Gasteiger partial charge in [0.1, 0.15) is 11.8 Å². The predicted molar refractivity (Wildman–Crippen MR) is 56.6 cm³/mol. The van der Waals surface area contributed by atoms with Crippen LogP contribution in [0.5, 0.6) is 0 Å². The Balaban J connectivity index is 2.41. The second kappa shape index (κ2) is 3.94. The van der Waals surface area contributed by atoms with Gasteiger partial charge in [-0.05, 0) is 0 Å². The lowest BCUT2D eigenvalue weighted by molar-refractivity contribution is 0.855. The van der Waals surface area contributed by atoms with Crippen molar-refractivity contribution in [1.29, 1.82) is 0 Å². The van der Waals surface area contributed by atoms with Gasteiger partial charge in [-0.15, -0.1) is 0 Å². The van der Waals surface area contributed by atoms with Crippen LogP contribution in [0, 0.1) is 11.8 Å². The average Bonchev–Trinajstić information content (AvgIpc) is 2.64. The molecular formula is C9H10N6. The first-order valence-corrected chi connectivity index (χ1v) is 4.40. The Hall–Kier alpha value is -2.13. The van der Waals surface area contributed by atoms with Crippen molar-refractivity contribution in [1.82, 2.24) is 19.5 Å². The smallest absolute Gasteiger partial charge is 0.166 e. The Morgan fingerprint density at radius 2 is 2.13 bits per heavy atom. The molecule has 0 unspecified atom stereocenters. The molecule has 0 spiro atoms. The number of nitrogens with two attached hydrogens (primary N) is 2. The van der Waals surface area contributed by atoms with Crippen LogP contribution in [0.2, 0.25) is 0 Å². The van der Waals surface area contributed by atoms with Crippen LogP contribution < -0.4 is 11.5 Å². The SMILES string of the molecule is NCC#CCn1cnc2c(N)ncnc21. The number of aromatic nitrogens is 4. The maximum Gasteiger partial charge on any atom is 0.166 e. The molecular weight excluding hydrogens is 192 g/mol. The van der Waals surface area contributed by atoms with Crippen molar-refractivity contribution < 1.29 is 0 Å². The van der Waals surface area contributed by atoms with Gasteiger partial charge in [-0.2, -0.15) is 0 Å². The third-order valence-electron chi connectivity index (χ3n) is 1.91. The van der Waals surface area contributed by atoms with Crippen molar-refractivity contribution in [2.45, 2.75) is 6.54 Å². The second-order valence-electron chi connectivity index (χ2n) is 2.86. The van der Waals surface area contributed by atoms with E-state index in [-0.39, 0.29) is 0 Å². The van der Waals surface area contributed by atoms with E-state index < -0.39 is 0 Å². The first kappa shape index (κ1) is 9.43. The molecule has 2 heterocycles. The highest BCUT2D eigenvalue weighted by molar-refractivity contribution is 5.81. The molecule has 0 aromatic carbocycles. The molecule has 0 aliphatic carbocycles. The van der Waals surface area contributed by atoms with Gasteiger partial charge in [0.05, 0.1) is 19.4 Å². The molecule has 76 valence electrons. The number of imidazole rings is 1. The molecule has 0 atom stereocenters. The molecule has 2 aromatic rings. The minimum Gasteiger partial charge on any atom is -0.382 e. The van der Waals surface area contributed by atoms with E-state index in [9.17, 15) is 0 Å². The maximum atomic E-state index is 5.64. The Kier molecular flexibility index (Phi) is 2.48. The van der Waals surface area contributed by atoms with Gasteiger partial charge in [0.25, 0.3) is 0 Å². The summed E-state index contributed by atoms with van der Waals surface area (Å²) in [6, 6.07) is 0. The Labute approximate surface area is 86.3 Å². The van der Waals surface area contributed by atoms with Gasteiger partial charge < -0.3 is 16.0 Å². The van der Waals surface area contributed by atoms with Crippen LogP contribution in [0.15, 0.2) is 12.7 Å². The lowest BCUT2D eigenvalue weighted by Crippen LogP contribution is -1.99. The lowest BCUT2D eigenvalue weighted by Gasteiger charge is -1.96. The topological polar surface area (TPSA) is 95.6 Å². The summed E-state index contributed by atoms with van der Waals surface area (Å²) in [6.45, 7) is 0.855. The highest BCUT2D eigenvalue weighted by Gasteiger charge is 2.05.